The summed E-state index contributed by atoms with van der Waals surface area (Å²) in [4.78, 5) is 11.9. The van der Waals surface area contributed by atoms with Gasteiger partial charge in [-0.1, -0.05) is 13.3 Å². The lowest BCUT2D eigenvalue weighted by Gasteiger charge is -2.28. The molecule has 0 radical (unpaired) electrons. The molecule has 0 aromatic carbocycles. The van der Waals surface area contributed by atoms with E-state index in [2.05, 4.69) is 10.5 Å². The Hall–Kier alpha value is -0.660. The monoisotopic (exact) mass is 376 g/mol. The Balaban J connectivity index is 4.08. The van der Waals surface area contributed by atoms with Crippen molar-refractivity contribution in [2.45, 2.75) is 70.7 Å². The Kier molecular flexibility index (Phi) is 12.4. The fourth-order valence-electron chi connectivity index (χ4n) is 2.66. The highest BCUT2D eigenvalue weighted by atomic mass is 19.1. The van der Waals surface area contributed by atoms with Crippen LogP contribution in [0, 0.1) is 5.92 Å². The summed E-state index contributed by atoms with van der Waals surface area (Å²) in [5.41, 5.74) is -1.13. The van der Waals surface area contributed by atoms with Crippen molar-refractivity contribution < 1.29 is 23.3 Å². The summed E-state index contributed by atoms with van der Waals surface area (Å²) in [6.07, 6.45) is 1.25. The topological polar surface area (TPSA) is 70.6 Å². The van der Waals surface area contributed by atoms with Gasteiger partial charge in [0.2, 0.25) is 5.91 Å². The lowest BCUT2D eigenvalue weighted by atomic mass is 9.57. The third-order valence-electron chi connectivity index (χ3n) is 4.24. The molecule has 9 heteroatoms. The van der Waals surface area contributed by atoms with Crippen molar-refractivity contribution in [2.75, 3.05) is 26.4 Å². The van der Waals surface area contributed by atoms with E-state index in [0.717, 1.165) is 0 Å². The number of aliphatic hydroxyl groups excluding tert-OH is 1. The van der Waals surface area contributed by atoms with Crippen LogP contribution in [-0.4, -0.2) is 63.6 Å². The lowest BCUT2D eigenvalue weighted by Crippen LogP contribution is -2.45. The van der Waals surface area contributed by atoms with Crippen molar-refractivity contribution in [3.05, 3.63) is 0 Å². The number of halogens is 2. The molecule has 0 aliphatic heterocycles. The number of ether oxygens (including phenoxy) is 1. The molecule has 0 spiro atoms. The van der Waals surface area contributed by atoms with Gasteiger partial charge in [-0.15, -0.1) is 0 Å². The normalized spacial score (nSPS) is 14.6. The molecule has 152 valence electrons. The zero-order valence-corrected chi connectivity index (χ0v) is 17.0. The predicted octanol–water partition coefficient (Wildman–Crippen LogP) is 1.45. The van der Waals surface area contributed by atoms with Gasteiger partial charge in [0.1, 0.15) is 0 Å². The molecule has 0 saturated carbocycles. The molecule has 0 aliphatic rings. The summed E-state index contributed by atoms with van der Waals surface area (Å²) >= 11 is 0. The summed E-state index contributed by atoms with van der Waals surface area (Å²) in [5.74, 6) is -0.250. The standard InChI is InChI=1S/C17H36B2F2N2O3/c1-13(11-20)10-14(18-21)19-22-12-17(4,5)26-9-6-15(25)23-16(2,3)7-8-24/h13-14,18-19,22,24H,6-12H2,1-5H3,(H,23,25). The molecule has 3 N–H and O–H groups in total. The van der Waals surface area contributed by atoms with Gasteiger partial charge in [-0.25, -0.2) is 0 Å². The van der Waals surface area contributed by atoms with Crippen molar-refractivity contribution in [3.8, 4) is 0 Å². The fourth-order valence-corrected chi connectivity index (χ4v) is 2.66. The Bertz CT molecular complexity index is 402. The van der Waals surface area contributed by atoms with Crippen LogP contribution in [0.4, 0.5) is 8.71 Å². The molecule has 2 unspecified atom stereocenters. The minimum atomic E-state index is -0.493. The van der Waals surface area contributed by atoms with E-state index in [-0.39, 0.29) is 37.2 Å². The van der Waals surface area contributed by atoms with Crippen molar-refractivity contribution in [1.82, 2.24) is 10.5 Å². The average Bonchev–Trinajstić information content (AvgIpc) is 2.52. The van der Waals surface area contributed by atoms with Gasteiger partial charge in [0, 0.05) is 18.7 Å². The van der Waals surface area contributed by atoms with E-state index < -0.39 is 25.4 Å². The molecular formula is C17H36B2F2N2O3. The number of rotatable bonds is 15. The molecular weight excluding hydrogens is 340 g/mol. The minimum Gasteiger partial charge on any atom is -0.396 e. The third-order valence-corrected chi connectivity index (χ3v) is 4.24. The molecule has 0 fully saturated rings. The van der Waals surface area contributed by atoms with Crippen LogP contribution in [0.1, 0.15) is 53.9 Å². The first-order valence-corrected chi connectivity index (χ1v) is 9.43. The molecule has 0 heterocycles. The van der Waals surface area contributed by atoms with E-state index in [9.17, 15) is 13.5 Å². The zero-order valence-electron chi connectivity index (χ0n) is 17.0. The van der Waals surface area contributed by atoms with Crippen LogP contribution in [0.2, 0.25) is 5.72 Å². The van der Waals surface area contributed by atoms with Crippen molar-refractivity contribution in [3.63, 3.8) is 0 Å². The highest BCUT2D eigenvalue weighted by molar-refractivity contribution is 6.53. The van der Waals surface area contributed by atoms with Crippen LogP contribution in [0.3, 0.4) is 0 Å². The van der Waals surface area contributed by atoms with Crippen molar-refractivity contribution in [1.29, 1.82) is 0 Å². The fraction of sp³-hybridized carbons (Fsp3) is 0.941. The summed E-state index contributed by atoms with van der Waals surface area (Å²) in [5, 5.41) is 15.0. The van der Waals surface area contributed by atoms with E-state index in [1.807, 2.05) is 27.7 Å². The Morgan fingerprint density at radius 1 is 1.31 bits per heavy atom. The van der Waals surface area contributed by atoms with Crippen LogP contribution in [0.15, 0.2) is 0 Å². The molecule has 0 rings (SSSR count). The van der Waals surface area contributed by atoms with E-state index in [4.69, 9.17) is 9.84 Å². The number of carbonyl (C=O) groups excluding carboxylic acids is 1. The molecule has 26 heavy (non-hydrogen) atoms. The lowest BCUT2D eigenvalue weighted by molar-refractivity contribution is -0.125. The van der Waals surface area contributed by atoms with E-state index >= 15 is 0 Å². The first-order valence-electron chi connectivity index (χ1n) is 9.43. The van der Waals surface area contributed by atoms with Gasteiger partial charge < -0.3 is 24.7 Å². The van der Waals surface area contributed by atoms with Crippen molar-refractivity contribution in [2.24, 2.45) is 5.92 Å². The SMILES string of the molecule is CC(CF)CC(BF)BNCC(C)(C)OCCC(=O)NC(C)(C)CCO. The summed E-state index contributed by atoms with van der Waals surface area (Å²) in [7, 11) is 0.00584. The Morgan fingerprint density at radius 2 is 1.96 bits per heavy atom. The van der Waals surface area contributed by atoms with Gasteiger partial charge in [0.15, 0.2) is 7.41 Å². The maximum absolute atomic E-state index is 13.0. The molecule has 2 atom stereocenters. The highest BCUT2D eigenvalue weighted by Crippen LogP contribution is 2.16. The summed E-state index contributed by atoms with van der Waals surface area (Å²) in [6, 6.07) is 0. The number of aliphatic hydroxyl groups is 1. The predicted molar refractivity (Wildman–Crippen MR) is 105 cm³/mol. The van der Waals surface area contributed by atoms with Gasteiger partial charge in [-0.05, 0) is 45.8 Å². The van der Waals surface area contributed by atoms with Crippen LogP contribution < -0.4 is 10.5 Å². The number of hydrogen-bond donors (Lipinski definition) is 3. The number of hydrogen-bond acceptors (Lipinski definition) is 4. The van der Waals surface area contributed by atoms with E-state index in [1.54, 1.807) is 6.92 Å². The van der Waals surface area contributed by atoms with Gasteiger partial charge in [0.05, 0.1) is 25.3 Å². The zero-order chi connectivity index (χ0) is 20.2. The molecule has 0 aromatic rings. The molecule has 5 nitrogen and oxygen atoms in total. The van der Waals surface area contributed by atoms with Gasteiger partial charge >= 0.3 is 7.56 Å². The number of alkyl halides is 1. The van der Waals surface area contributed by atoms with Crippen LogP contribution >= 0.6 is 0 Å². The van der Waals surface area contributed by atoms with Gasteiger partial charge in [-0.3, -0.25) is 9.18 Å². The quantitative estimate of drug-likeness (QED) is 0.379. The highest BCUT2D eigenvalue weighted by Gasteiger charge is 2.23. The average molecular weight is 376 g/mol. The van der Waals surface area contributed by atoms with Gasteiger partial charge in [-0.2, -0.15) is 0 Å². The van der Waals surface area contributed by atoms with E-state index in [1.165, 1.54) is 0 Å². The van der Waals surface area contributed by atoms with Crippen molar-refractivity contribution >= 4 is 20.9 Å². The molecule has 0 aromatic heterocycles. The maximum atomic E-state index is 13.0. The number of amides is 1. The second-order valence-electron chi connectivity index (χ2n) is 8.41. The number of carbonyl (C=O) groups is 1. The maximum Gasteiger partial charge on any atom is 0.328 e. The first kappa shape index (κ1) is 25.3. The molecule has 0 bridgehead atoms. The Labute approximate surface area is 158 Å². The van der Waals surface area contributed by atoms with E-state index in [0.29, 0.717) is 26.8 Å². The van der Waals surface area contributed by atoms with Crippen LogP contribution in [0.25, 0.3) is 0 Å². The third kappa shape index (κ3) is 12.7. The largest absolute Gasteiger partial charge is 0.396 e. The molecule has 0 aliphatic carbocycles. The second-order valence-corrected chi connectivity index (χ2v) is 8.41. The van der Waals surface area contributed by atoms with Gasteiger partial charge in [0.25, 0.3) is 0 Å². The number of nitrogens with one attached hydrogen (secondary N) is 2. The van der Waals surface area contributed by atoms with Crippen LogP contribution in [0.5, 0.6) is 0 Å². The molecule has 0 saturated heterocycles. The summed E-state index contributed by atoms with van der Waals surface area (Å²) < 4.78 is 31.3. The first-order chi connectivity index (χ1) is 12.0. The second kappa shape index (κ2) is 12.7. The van der Waals surface area contributed by atoms with Crippen LogP contribution in [-0.2, 0) is 9.53 Å². The Morgan fingerprint density at radius 3 is 2.50 bits per heavy atom. The minimum absolute atomic E-state index is 0.0203. The summed E-state index contributed by atoms with van der Waals surface area (Å²) in [6.45, 7) is 9.70. The molecule has 1 amide bonds. The smallest absolute Gasteiger partial charge is 0.328 e.